The third-order valence-corrected chi connectivity index (χ3v) is 5.28. The van der Waals surface area contributed by atoms with E-state index >= 15 is 0 Å². The van der Waals surface area contributed by atoms with Gasteiger partial charge in [0.1, 0.15) is 0 Å². The van der Waals surface area contributed by atoms with Crippen LogP contribution in [0.2, 0.25) is 5.02 Å². The van der Waals surface area contributed by atoms with Crippen molar-refractivity contribution in [1.29, 1.82) is 0 Å². The molecule has 27 heavy (non-hydrogen) atoms. The van der Waals surface area contributed by atoms with Gasteiger partial charge in [-0.1, -0.05) is 60.1 Å². The van der Waals surface area contributed by atoms with Crippen LogP contribution >= 0.6 is 11.6 Å². The van der Waals surface area contributed by atoms with E-state index in [9.17, 15) is 9.59 Å². The quantitative estimate of drug-likeness (QED) is 0.860. The van der Waals surface area contributed by atoms with Crippen LogP contribution in [0.15, 0.2) is 54.6 Å². The minimum atomic E-state index is -0.307. The van der Waals surface area contributed by atoms with Crippen molar-refractivity contribution in [2.24, 2.45) is 5.73 Å². The summed E-state index contributed by atoms with van der Waals surface area (Å²) in [6, 6.07) is 16.7. The number of hydrogen-bond donors (Lipinski definition) is 1. The molecule has 1 aliphatic heterocycles. The first kappa shape index (κ1) is 19.4. The average molecular weight is 386 g/mol. The van der Waals surface area contributed by atoms with Gasteiger partial charge in [0.15, 0.2) is 0 Å². The lowest BCUT2D eigenvalue weighted by atomic mass is 10.0. The Morgan fingerprint density at radius 2 is 1.44 bits per heavy atom. The summed E-state index contributed by atoms with van der Waals surface area (Å²) in [5.74, 6) is 0.0701. The van der Waals surface area contributed by atoms with Gasteiger partial charge in [-0.2, -0.15) is 0 Å². The number of amides is 2. The Bertz CT molecular complexity index is 789. The van der Waals surface area contributed by atoms with Crippen molar-refractivity contribution in [3.8, 4) is 0 Å². The summed E-state index contributed by atoms with van der Waals surface area (Å²) in [5.41, 5.74) is 7.94. The number of benzene rings is 2. The second kappa shape index (κ2) is 9.02. The highest BCUT2D eigenvalue weighted by atomic mass is 35.5. The zero-order valence-electron chi connectivity index (χ0n) is 15.2. The highest BCUT2D eigenvalue weighted by Gasteiger charge is 2.25. The van der Waals surface area contributed by atoms with Crippen molar-refractivity contribution < 1.29 is 9.59 Å². The fourth-order valence-corrected chi connectivity index (χ4v) is 3.46. The van der Waals surface area contributed by atoms with Crippen LogP contribution in [0, 0.1) is 0 Å². The number of carbonyl (C=O) groups excluding carboxylic acids is 2. The number of nitrogens with zero attached hydrogens (tertiary/aromatic N) is 2. The van der Waals surface area contributed by atoms with Crippen LogP contribution in [0.25, 0.3) is 0 Å². The molecule has 1 atom stereocenters. The maximum Gasteiger partial charge on any atom is 0.227 e. The Balaban J connectivity index is 1.49. The molecule has 2 aromatic carbocycles. The lowest BCUT2D eigenvalue weighted by molar-refractivity contribution is -0.139. The number of rotatable bonds is 5. The van der Waals surface area contributed by atoms with Crippen LogP contribution in [-0.4, -0.2) is 47.8 Å². The maximum atomic E-state index is 12.5. The summed E-state index contributed by atoms with van der Waals surface area (Å²) in [6.45, 7) is 2.15. The van der Waals surface area contributed by atoms with Gasteiger partial charge in [0.2, 0.25) is 11.8 Å². The summed E-state index contributed by atoms with van der Waals surface area (Å²) in [4.78, 5) is 28.6. The normalized spacial score (nSPS) is 15.5. The van der Waals surface area contributed by atoms with Gasteiger partial charge in [0.25, 0.3) is 0 Å². The van der Waals surface area contributed by atoms with E-state index in [4.69, 9.17) is 17.3 Å². The summed E-state index contributed by atoms with van der Waals surface area (Å²) in [7, 11) is 0. The molecular formula is C21H24ClN3O2. The summed E-state index contributed by atoms with van der Waals surface area (Å²) in [6.07, 6.45) is 0.560. The molecule has 0 saturated carbocycles. The van der Waals surface area contributed by atoms with Crippen LogP contribution in [0.3, 0.4) is 0 Å². The minimum absolute atomic E-state index is 0.0320. The van der Waals surface area contributed by atoms with Gasteiger partial charge in [-0.3, -0.25) is 9.59 Å². The van der Waals surface area contributed by atoms with E-state index in [0.717, 1.165) is 11.1 Å². The molecule has 142 valence electrons. The van der Waals surface area contributed by atoms with Crippen molar-refractivity contribution in [3.05, 3.63) is 70.7 Å². The predicted molar refractivity (Wildman–Crippen MR) is 106 cm³/mol. The van der Waals surface area contributed by atoms with Crippen molar-refractivity contribution >= 4 is 23.4 Å². The molecule has 1 saturated heterocycles. The second-order valence-electron chi connectivity index (χ2n) is 6.75. The fourth-order valence-electron chi connectivity index (χ4n) is 3.26. The number of piperazine rings is 1. The van der Waals surface area contributed by atoms with Crippen molar-refractivity contribution in [1.82, 2.24) is 9.80 Å². The molecule has 1 fully saturated rings. The van der Waals surface area contributed by atoms with E-state index in [0.29, 0.717) is 31.2 Å². The molecular weight excluding hydrogens is 362 g/mol. The molecule has 0 radical (unpaired) electrons. The van der Waals surface area contributed by atoms with E-state index in [-0.39, 0.29) is 30.7 Å². The predicted octanol–water partition coefficient (Wildman–Crippen LogP) is 2.64. The minimum Gasteiger partial charge on any atom is -0.339 e. The first-order chi connectivity index (χ1) is 13.0. The molecule has 1 aliphatic rings. The summed E-state index contributed by atoms with van der Waals surface area (Å²) in [5, 5.41) is 0.606. The van der Waals surface area contributed by atoms with Gasteiger partial charge in [-0.05, 0) is 17.2 Å². The highest BCUT2D eigenvalue weighted by molar-refractivity contribution is 6.31. The van der Waals surface area contributed by atoms with E-state index in [1.165, 1.54) is 0 Å². The molecule has 3 rings (SSSR count). The monoisotopic (exact) mass is 385 g/mol. The molecule has 0 aliphatic carbocycles. The molecule has 0 spiro atoms. The number of halogens is 1. The van der Waals surface area contributed by atoms with Crippen molar-refractivity contribution in [2.45, 2.75) is 18.9 Å². The number of carbonyl (C=O) groups is 2. The smallest absolute Gasteiger partial charge is 0.227 e. The largest absolute Gasteiger partial charge is 0.339 e. The summed E-state index contributed by atoms with van der Waals surface area (Å²) >= 11 is 6.14. The second-order valence-corrected chi connectivity index (χ2v) is 7.16. The summed E-state index contributed by atoms with van der Waals surface area (Å²) < 4.78 is 0. The first-order valence-corrected chi connectivity index (χ1v) is 9.52. The number of nitrogens with two attached hydrogens (primary N) is 1. The van der Waals surface area contributed by atoms with Gasteiger partial charge >= 0.3 is 0 Å². The lowest BCUT2D eigenvalue weighted by Gasteiger charge is -2.35. The van der Waals surface area contributed by atoms with E-state index in [1.807, 2.05) is 48.5 Å². The Morgan fingerprint density at radius 1 is 0.889 bits per heavy atom. The number of hydrogen-bond acceptors (Lipinski definition) is 3. The molecule has 0 bridgehead atoms. The van der Waals surface area contributed by atoms with Gasteiger partial charge in [-0.25, -0.2) is 0 Å². The van der Waals surface area contributed by atoms with Gasteiger partial charge in [0.05, 0.1) is 6.42 Å². The van der Waals surface area contributed by atoms with Gasteiger partial charge in [-0.15, -0.1) is 0 Å². The van der Waals surface area contributed by atoms with Crippen molar-refractivity contribution in [3.63, 3.8) is 0 Å². The van der Waals surface area contributed by atoms with Crippen LogP contribution < -0.4 is 5.73 Å². The molecule has 1 unspecified atom stereocenters. The highest BCUT2D eigenvalue weighted by Crippen LogP contribution is 2.18. The Morgan fingerprint density at radius 3 is 2.07 bits per heavy atom. The first-order valence-electron chi connectivity index (χ1n) is 9.14. The SMILES string of the molecule is NC(CC(=O)N1CCN(C(=O)Cc2ccccc2Cl)CC1)c1ccccc1. The lowest BCUT2D eigenvalue weighted by Crippen LogP contribution is -2.51. The van der Waals surface area contributed by atoms with Gasteiger partial charge in [0, 0.05) is 43.7 Å². The maximum absolute atomic E-state index is 12.5. The molecule has 2 aromatic rings. The Hall–Kier alpha value is -2.37. The molecule has 1 heterocycles. The molecule has 6 heteroatoms. The topological polar surface area (TPSA) is 66.6 Å². The van der Waals surface area contributed by atoms with Crippen LogP contribution in [0.5, 0.6) is 0 Å². The molecule has 5 nitrogen and oxygen atoms in total. The van der Waals surface area contributed by atoms with Crippen molar-refractivity contribution in [2.75, 3.05) is 26.2 Å². The molecule has 0 aromatic heterocycles. The third kappa shape index (κ3) is 5.08. The van der Waals surface area contributed by atoms with Gasteiger partial charge < -0.3 is 15.5 Å². The standard InChI is InChI=1S/C21H24ClN3O2/c22-18-9-5-4-8-17(18)14-20(26)24-10-12-25(13-11-24)21(27)15-19(23)16-6-2-1-3-7-16/h1-9,19H,10-15,23H2. The zero-order chi connectivity index (χ0) is 19.2. The fraction of sp³-hybridized carbons (Fsp3) is 0.333. The average Bonchev–Trinajstić information content (AvgIpc) is 2.70. The third-order valence-electron chi connectivity index (χ3n) is 4.91. The van der Waals surface area contributed by atoms with Crippen LogP contribution in [0.1, 0.15) is 23.6 Å². The van der Waals surface area contributed by atoms with E-state index < -0.39 is 0 Å². The van der Waals surface area contributed by atoms with Crippen LogP contribution in [0.4, 0.5) is 0 Å². The van der Waals surface area contributed by atoms with E-state index in [2.05, 4.69) is 0 Å². The molecule has 2 N–H and O–H groups in total. The van der Waals surface area contributed by atoms with E-state index in [1.54, 1.807) is 15.9 Å². The Labute approximate surface area is 164 Å². The zero-order valence-corrected chi connectivity index (χ0v) is 15.9. The van der Waals surface area contributed by atoms with Crippen LogP contribution in [-0.2, 0) is 16.0 Å². The Kier molecular flexibility index (Phi) is 6.48. The molecule has 2 amide bonds.